The number of hydrogen-bond acceptors (Lipinski definition) is 4. The molecule has 0 aliphatic carbocycles. The summed E-state index contributed by atoms with van der Waals surface area (Å²) in [6.07, 6.45) is 1.81. The summed E-state index contributed by atoms with van der Waals surface area (Å²) in [5.74, 6) is 0.0102. The highest BCUT2D eigenvalue weighted by atomic mass is 19.1. The first-order chi connectivity index (χ1) is 15.2. The molecule has 7 heteroatoms. The summed E-state index contributed by atoms with van der Waals surface area (Å²) in [6.45, 7) is 0.579. The molecule has 3 aromatic carbocycles. The number of nitrogens with one attached hydrogen (secondary N) is 1. The topological polar surface area (TPSA) is 73.0 Å². The van der Waals surface area contributed by atoms with E-state index >= 15 is 0 Å². The van der Waals surface area contributed by atoms with Crippen LogP contribution in [0.25, 0.3) is 22.1 Å². The summed E-state index contributed by atoms with van der Waals surface area (Å²) in [7, 11) is 0. The monoisotopic (exact) mass is 412 g/mol. The predicted molar refractivity (Wildman–Crippen MR) is 115 cm³/mol. The molecule has 0 atom stereocenters. The van der Waals surface area contributed by atoms with E-state index in [2.05, 4.69) is 39.8 Å². The molecule has 0 fully saturated rings. The van der Waals surface area contributed by atoms with Gasteiger partial charge < -0.3 is 9.84 Å². The Balaban J connectivity index is 1.29. The molecule has 6 nitrogen and oxygen atoms in total. The Morgan fingerprint density at radius 2 is 1.81 bits per heavy atom. The maximum atomic E-state index is 13.1. The van der Waals surface area contributed by atoms with Crippen molar-refractivity contribution in [1.29, 1.82) is 0 Å². The summed E-state index contributed by atoms with van der Waals surface area (Å²) in [6, 6.07) is 23.3. The lowest BCUT2D eigenvalue weighted by Gasteiger charge is -2.06. The Kier molecular flexibility index (Phi) is 4.76. The number of halogens is 1. The highest BCUT2D eigenvalue weighted by Gasteiger charge is 2.15. The van der Waals surface area contributed by atoms with Crippen LogP contribution in [0.2, 0.25) is 0 Å². The summed E-state index contributed by atoms with van der Waals surface area (Å²) in [5.41, 5.74) is 1.88. The van der Waals surface area contributed by atoms with E-state index < -0.39 is 5.91 Å². The average Bonchev–Trinajstić information content (AvgIpc) is 3.45. The Hall–Kier alpha value is -4.26. The standard InChI is InChI=1S/C24H17FN4O2/c25-19-10-8-17(9-11-19)22-14-21(28-31-22)24(30)26-23-12-13-29(27-23)15-18-6-3-5-16-4-1-2-7-20(16)18/h1-14H,15H2,(H,26,27,30). The Bertz CT molecular complexity index is 1370. The van der Waals surface area contributed by atoms with Gasteiger partial charge >= 0.3 is 0 Å². The van der Waals surface area contributed by atoms with Gasteiger partial charge in [0.1, 0.15) is 5.82 Å². The van der Waals surface area contributed by atoms with Crippen LogP contribution in [0.4, 0.5) is 10.2 Å². The molecule has 2 heterocycles. The number of carbonyl (C=O) groups excluding carboxylic acids is 1. The number of benzene rings is 3. The number of carbonyl (C=O) groups is 1. The highest BCUT2D eigenvalue weighted by molar-refractivity contribution is 6.02. The summed E-state index contributed by atoms with van der Waals surface area (Å²) >= 11 is 0. The van der Waals surface area contributed by atoms with E-state index in [0.29, 0.717) is 23.7 Å². The van der Waals surface area contributed by atoms with Gasteiger partial charge in [0.2, 0.25) is 0 Å². The van der Waals surface area contributed by atoms with Crippen molar-refractivity contribution in [2.75, 3.05) is 5.32 Å². The number of aromatic nitrogens is 3. The van der Waals surface area contributed by atoms with Crippen LogP contribution in [-0.4, -0.2) is 20.8 Å². The molecule has 0 aliphatic rings. The maximum Gasteiger partial charge on any atom is 0.279 e. The molecule has 0 bridgehead atoms. The number of rotatable bonds is 5. The van der Waals surface area contributed by atoms with E-state index in [1.165, 1.54) is 29.0 Å². The Morgan fingerprint density at radius 1 is 1.00 bits per heavy atom. The molecule has 2 aromatic heterocycles. The van der Waals surface area contributed by atoms with Crippen molar-refractivity contribution in [2.45, 2.75) is 6.54 Å². The molecular formula is C24H17FN4O2. The zero-order chi connectivity index (χ0) is 21.2. The second-order valence-electron chi connectivity index (χ2n) is 7.07. The van der Waals surface area contributed by atoms with E-state index in [9.17, 15) is 9.18 Å². The number of anilines is 1. The highest BCUT2D eigenvalue weighted by Crippen LogP contribution is 2.22. The molecule has 1 amide bonds. The molecule has 0 aliphatic heterocycles. The molecule has 152 valence electrons. The van der Waals surface area contributed by atoms with Gasteiger partial charge in [-0.2, -0.15) is 5.10 Å². The van der Waals surface area contributed by atoms with Gasteiger partial charge in [0.05, 0.1) is 6.54 Å². The molecule has 0 unspecified atom stereocenters. The molecular weight excluding hydrogens is 395 g/mol. The zero-order valence-electron chi connectivity index (χ0n) is 16.3. The van der Waals surface area contributed by atoms with Crippen molar-refractivity contribution in [2.24, 2.45) is 0 Å². The first-order valence-corrected chi connectivity index (χ1v) is 9.70. The predicted octanol–water partition coefficient (Wildman–Crippen LogP) is 5.13. The lowest BCUT2D eigenvalue weighted by atomic mass is 10.0. The molecule has 0 saturated heterocycles. The molecule has 31 heavy (non-hydrogen) atoms. The fourth-order valence-corrected chi connectivity index (χ4v) is 3.43. The van der Waals surface area contributed by atoms with Crippen LogP contribution in [-0.2, 0) is 6.54 Å². The summed E-state index contributed by atoms with van der Waals surface area (Å²) < 4.78 is 20.1. The van der Waals surface area contributed by atoms with Crippen molar-refractivity contribution in [1.82, 2.24) is 14.9 Å². The Labute approximate surface area is 176 Å². The van der Waals surface area contributed by atoms with Gasteiger partial charge in [-0.25, -0.2) is 4.39 Å². The third-order valence-corrected chi connectivity index (χ3v) is 4.97. The zero-order valence-corrected chi connectivity index (χ0v) is 16.3. The van der Waals surface area contributed by atoms with Crippen molar-refractivity contribution >= 4 is 22.5 Å². The number of nitrogens with zero attached hydrogens (tertiary/aromatic N) is 3. The van der Waals surface area contributed by atoms with Crippen LogP contribution in [0.1, 0.15) is 16.1 Å². The number of fused-ring (bicyclic) bond motifs is 1. The molecule has 0 saturated carbocycles. The van der Waals surface area contributed by atoms with E-state index in [4.69, 9.17) is 4.52 Å². The van der Waals surface area contributed by atoms with Gasteiger partial charge in [-0.15, -0.1) is 0 Å². The van der Waals surface area contributed by atoms with Crippen LogP contribution in [0, 0.1) is 5.82 Å². The maximum absolute atomic E-state index is 13.1. The lowest BCUT2D eigenvalue weighted by Crippen LogP contribution is -2.13. The molecule has 5 rings (SSSR count). The smallest absolute Gasteiger partial charge is 0.279 e. The van der Waals surface area contributed by atoms with Crippen molar-refractivity contribution in [3.05, 3.63) is 102 Å². The lowest BCUT2D eigenvalue weighted by molar-refractivity contribution is 0.101. The van der Waals surface area contributed by atoms with Crippen LogP contribution < -0.4 is 5.32 Å². The van der Waals surface area contributed by atoms with Gasteiger partial charge in [0, 0.05) is 23.9 Å². The summed E-state index contributed by atoms with van der Waals surface area (Å²) in [5, 5.41) is 13.3. The van der Waals surface area contributed by atoms with E-state index in [1.54, 1.807) is 22.9 Å². The van der Waals surface area contributed by atoms with Crippen LogP contribution in [0.15, 0.2) is 89.6 Å². The van der Waals surface area contributed by atoms with Gasteiger partial charge in [0.25, 0.3) is 5.91 Å². The van der Waals surface area contributed by atoms with E-state index in [0.717, 1.165) is 5.56 Å². The first kappa shape index (κ1) is 18.7. The largest absolute Gasteiger partial charge is 0.355 e. The van der Waals surface area contributed by atoms with Gasteiger partial charge in [-0.3, -0.25) is 9.48 Å². The quantitative estimate of drug-likeness (QED) is 0.434. The van der Waals surface area contributed by atoms with Gasteiger partial charge in [-0.05, 0) is 40.6 Å². The first-order valence-electron chi connectivity index (χ1n) is 9.70. The minimum Gasteiger partial charge on any atom is -0.355 e. The Morgan fingerprint density at radius 3 is 2.68 bits per heavy atom. The number of hydrogen-bond donors (Lipinski definition) is 1. The third-order valence-electron chi connectivity index (χ3n) is 4.97. The van der Waals surface area contributed by atoms with E-state index in [1.807, 2.05) is 24.4 Å². The molecule has 0 radical (unpaired) electrons. The van der Waals surface area contributed by atoms with Gasteiger partial charge in [-0.1, -0.05) is 47.6 Å². The van der Waals surface area contributed by atoms with E-state index in [-0.39, 0.29) is 11.5 Å². The minimum atomic E-state index is -0.437. The SMILES string of the molecule is O=C(Nc1ccn(Cc2cccc3ccccc23)n1)c1cc(-c2ccc(F)cc2)on1. The third kappa shape index (κ3) is 3.93. The number of amides is 1. The second kappa shape index (κ2) is 7.87. The fourth-order valence-electron chi connectivity index (χ4n) is 3.43. The van der Waals surface area contributed by atoms with Crippen molar-refractivity contribution < 1.29 is 13.7 Å². The van der Waals surface area contributed by atoms with Gasteiger partial charge in [0.15, 0.2) is 17.3 Å². The van der Waals surface area contributed by atoms with Crippen LogP contribution >= 0.6 is 0 Å². The summed E-state index contributed by atoms with van der Waals surface area (Å²) in [4.78, 5) is 12.5. The van der Waals surface area contributed by atoms with Crippen molar-refractivity contribution in [3.63, 3.8) is 0 Å². The normalized spacial score (nSPS) is 11.0. The minimum absolute atomic E-state index is 0.114. The van der Waals surface area contributed by atoms with Crippen LogP contribution in [0.5, 0.6) is 0 Å². The fraction of sp³-hybridized carbons (Fsp3) is 0.0417. The molecule has 0 spiro atoms. The van der Waals surface area contributed by atoms with Crippen molar-refractivity contribution in [3.8, 4) is 11.3 Å². The van der Waals surface area contributed by atoms with Crippen LogP contribution in [0.3, 0.4) is 0 Å². The second-order valence-corrected chi connectivity index (χ2v) is 7.07. The average molecular weight is 412 g/mol. The molecule has 5 aromatic rings. The molecule has 1 N–H and O–H groups in total.